The number of aliphatic hydroxyl groups is 1. The van der Waals surface area contributed by atoms with Crippen molar-refractivity contribution in [2.75, 3.05) is 50.7 Å². The minimum absolute atomic E-state index is 0.0172. The Morgan fingerprint density at radius 1 is 1.21 bits per heavy atom. The minimum atomic E-state index is -3.46. The third-order valence-electron chi connectivity index (χ3n) is 6.53. The highest BCUT2D eigenvalue weighted by Crippen LogP contribution is 2.29. The van der Waals surface area contributed by atoms with E-state index in [0.717, 1.165) is 6.26 Å². The Balaban J connectivity index is 1.87. The van der Waals surface area contributed by atoms with Crippen molar-refractivity contribution in [1.82, 2.24) is 9.21 Å². The summed E-state index contributed by atoms with van der Waals surface area (Å²) in [5, 5.41) is 15.3. The maximum Gasteiger partial charge on any atom is 0.323 e. The van der Waals surface area contributed by atoms with Gasteiger partial charge in [0.1, 0.15) is 17.6 Å². The molecule has 3 N–H and O–H groups in total. The predicted molar refractivity (Wildman–Crippen MR) is 145 cm³/mol. The van der Waals surface area contributed by atoms with Crippen molar-refractivity contribution in [3.63, 3.8) is 0 Å². The molecule has 0 saturated heterocycles. The molecule has 2 aromatic carbocycles. The topological polar surface area (TPSA) is 138 Å². The smallest absolute Gasteiger partial charge is 0.323 e. The molecule has 0 saturated carbocycles. The van der Waals surface area contributed by atoms with Gasteiger partial charge in [-0.3, -0.25) is 4.79 Å². The van der Waals surface area contributed by atoms with E-state index in [4.69, 9.17) is 9.47 Å². The largest absolute Gasteiger partial charge is 0.497 e. The lowest BCUT2D eigenvalue weighted by atomic mass is 10.0. The van der Waals surface area contributed by atoms with E-state index in [1.54, 1.807) is 61.4 Å². The molecule has 12 heteroatoms. The average molecular weight is 549 g/mol. The zero-order valence-corrected chi connectivity index (χ0v) is 23.1. The van der Waals surface area contributed by atoms with Gasteiger partial charge in [-0.25, -0.2) is 17.5 Å². The van der Waals surface area contributed by atoms with Crippen LogP contribution in [0.2, 0.25) is 0 Å². The number of carbonyl (C=O) groups is 2. The molecule has 0 fully saturated rings. The summed E-state index contributed by atoms with van der Waals surface area (Å²) in [5.74, 6) is 0.645. The number of likely N-dealkylation sites (N-methyl/N-ethyl adjacent to an activating group) is 1. The molecule has 11 nitrogen and oxygen atoms in total. The maximum atomic E-state index is 13.3. The molecule has 3 rings (SSSR count). The fraction of sp³-hybridized carbons (Fsp3) is 0.462. The molecule has 1 aliphatic heterocycles. The number of nitrogens with zero attached hydrogens (tertiary/aromatic N) is 2. The van der Waals surface area contributed by atoms with Gasteiger partial charge < -0.3 is 30.1 Å². The molecule has 1 aliphatic rings. The first-order chi connectivity index (χ1) is 17.9. The molecule has 0 radical (unpaired) electrons. The fourth-order valence-electron chi connectivity index (χ4n) is 4.08. The first-order valence-corrected chi connectivity index (χ1v) is 14.1. The first-order valence-electron chi connectivity index (χ1n) is 12.2. The first kappa shape index (κ1) is 29.2. The van der Waals surface area contributed by atoms with Crippen LogP contribution in [0.3, 0.4) is 0 Å². The van der Waals surface area contributed by atoms with Crippen LogP contribution in [0.5, 0.6) is 11.5 Å². The van der Waals surface area contributed by atoms with Crippen LogP contribution < -0.4 is 20.1 Å². The number of benzene rings is 2. The monoisotopic (exact) mass is 548 g/mol. The minimum Gasteiger partial charge on any atom is -0.497 e. The van der Waals surface area contributed by atoms with E-state index >= 15 is 0 Å². The SMILES string of the molecule is COc1ccc(NC(=O)Nc2ccc3c(c2)CC(=O)N([C@H](C)CO)C[C@H](C)[C@H](CN(C)S(C)(=O)=O)O3)cc1. The van der Waals surface area contributed by atoms with Crippen molar-refractivity contribution in [3.8, 4) is 11.5 Å². The number of sulfonamides is 1. The molecule has 3 amide bonds. The summed E-state index contributed by atoms with van der Waals surface area (Å²) in [6.45, 7) is 3.79. The lowest BCUT2D eigenvalue weighted by Gasteiger charge is -2.33. The van der Waals surface area contributed by atoms with E-state index in [2.05, 4.69) is 10.6 Å². The van der Waals surface area contributed by atoms with Gasteiger partial charge >= 0.3 is 6.03 Å². The van der Waals surface area contributed by atoms with Crippen LogP contribution in [0.25, 0.3) is 0 Å². The van der Waals surface area contributed by atoms with Crippen molar-refractivity contribution >= 4 is 33.3 Å². The Bertz CT molecular complexity index is 1240. The Morgan fingerprint density at radius 3 is 2.45 bits per heavy atom. The molecule has 2 aromatic rings. The number of methoxy groups -OCH3 is 1. The van der Waals surface area contributed by atoms with Crippen LogP contribution in [0.1, 0.15) is 19.4 Å². The van der Waals surface area contributed by atoms with Crippen molar-refractivity contribution in [2.24, 2.45) is 5.92 Å². The van der Waals surface area contributed by atoms with Gasteiger partial charge in [0.15, 0.2) is 0 Å². The number of carbonyl (C=O) groups excluding carboxylic acids is 2. The van der Waals surface area contributed by atoms with Crippen molar-refractivity contribution in [3.05, 3.63) is 48.0 Å². The van der Waals surface area contributed by atoms with E-state index in [1.165, 1.54) is 11.4 Å². The number of hydrogen-bond acceptors (Lipinski definition) is 7. The third-order valence-corrected chi connectivity index (χ3v) is 7.81. The molecule has 0 spiro atoms. The summed E-state index contributed by atoms with van der Waals surface area (Å²) in [7, 11) is -0.420. The van der Waals surface area contributed by atoms with Crippen LogP contribution in [0.4, 0.5) is 16.2 Å². The second kappa shape index (κ2) is 12.5. The number of aliphatic hydroxyl groups excluding tert-OH is 1. The van der Waals surface area contributed by atoms with E-state index < -0.39 is 28.2 Å². The van der Waals surface area contributed by atoms with E-state index in [-0.39, 0.29) is 37.9 Å². The van der Waals surface area contributed by atoms with Crippen LogP contribution in [0.15, 0.2) is 42.5 Å². The van der Waals surface area contributed by atoms with Gasteiger partial charge in [0.2, 0.25) is 15.9 Å². The molecule has 3 atom stereocenters. The van der Waals surface area contributed by atoms with Gasteiger partial charge in [-0.2, -0.15) is 0 Å². The Morgan fingerprint density at radius 2 is 1.84 bits per heavy atom. The number of nitrogens with one attached hydrogen (secondary N) is 2. The number of hydrogen-bond donors (Lipinski definition) is 3. The third kappa shape index (κ3) is 7.59. The fourth-order valence-corrected chi connectivity index (χ4v) is 4.50. The van der Waals surface area contributed by atoms with Gasteiger partial charge in [0.25, 0.3) is 0 Å². The Kier molecular flexibility index (Phi) is 9.58. The summed E-state index contributed by atoms with van der Waals surface area (Å²) < 4.78 is 36.8. The highest BCUT2D eigenvalue weighted by molar-refractivity contribution is 7.88. The molecular formula is C26H36N4O7S. The van der Waals surface area contributed by atoms with Crippen molar-refractivity contribution in [1.29, 1.82) is 0 Å². The van der Waals surface area contributed by atoms with Gasteiger partial charge in [-0.15, -0.1) is 0 Å². The summed E-state index contributed by atoms with van der Waals surface area (Å²) in [6.07, 6.45) is 0.542. The van der Waals surface area contributed by atoms with E-state index in [0.29, 0.717) is 28.4 Å². The van der Waals surface area contributed by atoms with Crippen LogP contribution in [-0.2, 0) is 21.2 Å². The molecule has 0 unspecified atom stereocenters. The van der Waals surface area contributed by atoms with Crippen molar-refractivity contribution < 1.29 is 32.6 Å². The second-order valence-electron chi connectivity index (χ2n) is 9.56. The number of ether oxygens (including phenoxy) is 2. The van der Waals surface area contributed by atoms with E-state index in [1.807, 2.05) is 6.92 Å². The highest BCUT2D eigenvalue weighted by Gasteiger charge is 2.32. The Hall–Kier alpha value is -3.35. The second-order valence-corrected chi connectivity index (χ2v) is 11.7. The molecule has 1 heterocycles. The van der Waals surface area contributed by atoms with E-state index in [9.17, 15) is 23.1 Å². The highest BCUT2D eigenvalue weighted by atomic mass is 32.2. The maximum absolute atomic E-state index is 13.3. The Labute approximate surface area is 223 Å². The van der Waals surface area contributed by atoms with Gasteiger partial charge in [-0.05, 0) is 49.4 Å². The van der Waals surface area contributed by atoms with Gasteiger partial charge in [0.05, 0.1) is 39.0 Å². The molecule has 208 valence electrons. The van der Waals surface area contributed by atoms with Crippen molar-refractivity contribution in [2.45, 2.75) is 32.4 Å². The summed E-state index contributed by atoms with van der Waals surface area (Å²) in [5.41, 5.74) is 1.56. The number of rotatable bonds is 8. The quantitative estimate of drug-likeness (QED) is 0.461. The number of urea groups is 1. The normalized spacial score (nSPS) is 18.9. The molecule has 0 aliphatic carbocycles. The van der Waals surface area contributed by atoms with Crippen LogP contribution in [0, 0.1) is 5.92 Å². The number of amides is 3. The molecular weight excluding hydrogens is 512 g/mol. The van der Waals surface area contributed by atoms with Gasteiger partial charge in [-0.1, -0.05) is 6.92 Å². The van der Waals surface area contributed by atoms with Crippen LogP contribution in [-0.4, -0.2) is 86.9 Å². The lowest BCUT2D eigenvalue weighted by molar-refractivity contribution is -0.134. The van der Waals surface area contributed by atoms with Crippen LogP contribution >= 0.6 is 0 Å². The standard InChI is InChI=1S/C26H36N4O7S/c1-17-14-30(18(2)16-31)25(32)13-19-12-21(28-26(33)27-20-6-9-22(36-4)10-7-20)8-11-23(19)37-24(17)15-29(3)38(5,34)35/h6-12,17-18,24,31H,13-16H2,1-5H3,(H2,27,28,33)/t17-,18+,24-/m0/s1. The molecule has 38 heavy (non-hydrogen) atoms. The summed E-state index contributed by atoms with van der Waals surface area (Å²) in [6, 6.07) is 11.0. The molecule has 0 aromatic heterocycles. The number of anilines is 2. The summed E-state index contributed by atoms with van der Waals surface area (Å²) >= 11 is 0. The lowest BCUT2D eigenvalue weighted by Crippen LogP contribution is -2.48. The average Bonchev–Trinajstić information content (AvgIpc) is 2.91. The molecule has 0 bridgehead atoms. The number of fused-ring (bicyclic) bond motifs is 1. The van der Waals surface area contributed by atoms with Gasteiger partial charge in [0, 0.05) is 36.4 Å². The zero-order valence-electron chi connectivity index (χ0n) is 22.3. The summed E-state index contributed by atoms with van der Waals surface area (Å²) in [4.78, 5) is 27.5. The predicted octanol–water partition coefficient (Wildman–Crippen LogP) is 2.38. The zero-order chi connectivity index (χ0) is 28.0.